The van der Waals surface area contributed by atoms with Gasteiger partial charge >= 0.3 is 12.1 Å². The van der Waals surface area contributed by atoms with Crippen LogP contribution in [-0.4, -0.2) is 35.6 Å². The Balaban J connectivity index is 2.10. The molecule has 3 aromatic carbocycles. The van der Waals surface area contributed by atoms with Crippen LogP contribution in [0.15, 0.2) is 90.6 Å². The van der Waals surface area contributed by atoms with Crippen LogP contribution in [0.2, 0.25) is 0 Å². The molecule has 0 bridgehead atoms. The first-order valence-electron chi connectivity index (χ1n) is 11.9. The van der Waals surface area contributed by atoms with Gasteiger partial charge in [0.1, 0.15) is 23.7 Å². The summed E-state index contributed by atoms with van der Waals surface area (Å²) in [5.41, 5.74) is 1.43. The molecule has 0 aliphatic heterocycles. The van der Waals surface area contributed by atoms with Gasteiger partial charge in [-0.3, -0.25) is 4.79 Å². The largest absolute Gasteiger partial charge is 0.489 e. The molecular weight excluding hydrogens is 470 g/mol. The lowest BCUT2D eigenvalue weighted by atomic mass is 9.95. The van der Waals surface area contributed by atoms with Crippen LogP contribution in [0.25, 0.3) is 5.57 Å². The van der Waals surface area contributed by atoms with Crippen molar-refractivity contribution >= 4 is 24.0 Å². The zero-order chi connectivity index (χ0) is 26.8. The van der Waals surface area contributed by atoms with Crippen molar-refractivity contribution in [1.29, 1.82) is 0 Å². The summed E-state index contributed by atoms with van der Waals surface area (Å²) in [6.07, 6.45) is -0.720. The first kappa shape index (κ1) is 27.2. The Bertz CT molecular complexity index is 1230. The number of benzene rings is 3. The van der Waals surface area contributed by atoms with Crippen LogP contribution in [-0.2, 0) is 25.7 Å². The Morgan fingerprint density at radius 1 is 0.838 bits per heavy atom. The fraction of sp³-hybridized carbons (Fsp3) is 0.233. The third kappa shape index (κ3) is 7.54. The summed E-state index contributed by atoms with van der Waals surface area (Å²) >= 11 is 0. The van der Waals surface area contributed by atoms with Gasteiger partial charge in [0.15, 0.2) is 0 Å². The highest BCUT2D eigenvalue weighted by Crippen LogP contribution is 2.31. The Kier molecular flexibility index (Phi) is 9.21. The summed E-state index contributed by atoms with van der Waals surface area (Å²) in [6.45, 7) is 7.12. The maximum absolute atomic E-state index is 13.2. The van der Waals surface area contributed by atoms with Crippen LogP contribution in [0, 0.1) is 0 Å². The third-order valence-corrected chi connectivity index (χ3v) is 5.10. The van der Waals surface area contributed by atoms with Gasteiger partial charge in [0.05, 0.1) is 6.61 Å². The fourth-order valence-corrected chi connectivity index (χ4v) is 3.52. The normalized spacial score (nSPS) is 11.7. The Hall–Kier alpha value is -4.39. The number of esters is 1. The number of amides is 2. The van der Waals surface area contributed by atoms with E-state index in [2.05, 4.69) is 0 Å². The van der Waals surface area contributed by atoms with Crippen molar-refractivity contribution in [2.24, 2.45) is 0 Å². The van der Waals surface area contributed by atoms with Crippen molar-refractivity contribution < 1.29 is 28.6 Å². The van der Waals surface area contributed by atoms with Crippen LogP contribution in [0.5, 0.6) is 5.75 Å². The highest BCUT2D eigenvalue weighted by atomic mass is 16.6. The predicted octanol–water partition coefficient (Wildman–Crippen LogP) is 5.98. The van der Waals surface area contributed by atoms with Gasteiger partial charge < -0.3 is 14.2 Å². The van der Waals surface area contributed by atoms with Gasteiger partial charge in [-0.1, -0.05) is 72.8 Å². The van der Waals surface area contributed by atoms with Crippen LogP contribution >= 0.6 is 0 Å². The summed E-state index contributed by atoms with van der Waals surface area (Å²) < 4.78 is 16.6. The minimum atomic E-state index is -0.984. The van der Waals surface area contributed by atoms with Crippen molar-refractivity contribution in [2.45, 2.75) is 39.9 Å². The minimum absolute atomic E-state index is 0.0533. The van der Waals surface area contributed by atoms with Gasteiger partial charge in [0.2, 0.25) is 6.41 Å². The summed E-state index contributed by atoms with van der Waals surface area (Å²) in [5.74, 6) is -0.208. The second kappa shape index (κ2) is 12.5. The van der Waals surface area contributed by atoms with Crippen molar-refractivity contribution in [3.63, 3.8) is 0 Å². The molecule has 0 fully saturated rings. The van der Waals surface area contributed by atoms with Crippen molar-refractivity contribution in [3.05, 3.63) is 107 Å². The van der Waals surface area contributed by atoms with E-state index in [1.807, 2.05) is 36.4 Å². The number of hydrogen-bond donors (Lipinski definition) is 0. The summed E-state index contributed by atoms with van der Waals surface area (Å²) in [7, 11) is 0. The number of carbonyl (C=O) groups excluding carboxylic acids is 3. The van der Waals surface area contributed by atoms with E-state index in [1.165, 1.54) is 0 Å². The molecule has 0 saturated carbocycles. The van der Waals surface area contributed by atoms with E-state index >= 15 is 0 Å². The number of imide groups is 1. The number of hydrogen-bond acceptors (Lipinski definition) is 6. The molecule has 3 aromatic rings. The summed E-state index contributed by atoms with van der Waals surface area (Å²) in [5, 5.41) is 0. The van der Waals surface area contributed by atoms with Crippen molar-refractivity contribution in [3.8, 4) is 5.75 Å². The molecule has 0 spiro atoms. The van der Waals surface area contributed by atoms with Gasteiger partial charge in [0, 0.05) is 5.57 Å². The lowest BCUT2D eigenvalue weighted by molar-refractivity contribution is -0.141. The van der Waals surface area contributed by atoms with Gasteiger partial charge in [-0.05, 0) is 56.5 Å². The SMILES string of the molecule is CCOC(=O)/C(=C(/c1ccccc1)c1ccc(OCc2ccccc2)cc1)N(C=O)C(=O)OC(C)(C)C. The smallest absolute Gasteiger partial charge is 0.421 e. The first-order chi connectivity index (χ1) is 17.7. The van der Waals surface area contributed by atoms with Crippen molar-refractivity contribution in [2.75, 3.05) is 6.61 Å². The van der Waals surface area contributed by atoms with E-state index in [0.717, 1.165) is 5.56 Å². The number of ether oxygens (including phenoxy) is 3. The molecule has 0 saturated heterocycles. The lowest BCUT2D eigenvalue weighted by Gasteiger charge is -2.26. The molecule has 0 heterocycles. The lowest BCUT2D eigenvalue weighted by Crippen LogP contribution is -2.38. The van der Waals surface area contributed by atoms with E-state index < -0.39 is 17.7 Å². The quantitative estimate of drug-likeness (QED) is 0.204. The molecule has 3 rings (SSSR count). The van der Waals surface area contributed by atoms with Crippen LogP contribution in [0.4, 0.5) is 4.79 Å². The van der Waals surface area contributed by atoms with Crippen LogP contribution in [0.1, 0.15) is 44.4 Å². The molecule has 0 unspecified atom stereocenters. The van der Waals surface area contributed by atoms with Gasteiger partial charge in [-0.25, -0.2) is 14.5 Å². The van der Waals surface area contributed by atoms with E-state index in [-0.39, 0.29) is 18.7 Å². The highest BCUT2D eigenvalue weighted by molar-refractivity contribution is 6.07. The Morgan fingerprint density at radius 2 is 1.41 bits per heavy atom. The molecule has 0 aliphatic carbocycles. The highest BCUT2D eigenvalue weighted by Gasteiger charge is 2.32. The zero-order valence-electron chi connectivity index (χ0n) is 21.5. The molecule has 7 nitrogen and oxygen atoms in total. The molecule has 7 heteroatoms. The molecule has 0 aromatic heterocycles. The monoisotopic (exact) mass is 501 g/mol. The maximum Gasteiger partial charge on any atom is 0.421 e. The van der Waals surface area contributed by atoms with Gasteiger partial charge in [-0.2, -0.15) is 0 Å². The van der Waals surface area contributed by atoms with Gasteiger partial charge in [0.25, 0.3) is 0 Å². The molecule has 192 valence electrons. The summed E-state index contributed by atoms with van der Waals surface area (Å²) in [4.78, 5) is 39.1. The molecule has 2 amide bonds. The topological polar surface area (TPSA) is 82.1 Å². The van der Waals surface area contributed by atoms with Crippen molar-refractivity contribution in [1.82, 2.24) is 4.90 Å². The van der Waals surface area contributed by atoms with Crippen LogP contribution in [0.3, 0.4) is 0 Å². The third-order valence-electron chi connectivity index (χ3n) is 5.10. The number of rotatable bonds is 9. The molecule has 37 heavy (non-hydrogen) atoms. The van der Waals surface area contributed by atoms with E-state index in [0.29, 0.717) is 34.0 Å². The second-order valence-electron chi connectivity index (χ2n) is 9.06. The zero-order valence-corrected chi connectivity index (χ0v) is 21.5. The molecule has 0 aliphatic rings. The van der Waals surface area contributed by atoms with E-state index in [4.69, 9.17) is 14.2 Å². The maximum atomic E-state index is 13.2. The average Bonchev–Trinajstić information content (AvgIpc) is 2.88. The van der Waals surface area contributed by atoms with Gasteiger partial charge in [-0.15, -0.1) is 0 Å². The van der Waals surface area contributed by atoms with E-state index in [1.54, 1.807) is 76.2 Å². The standard InChI is InChI=1S/C30H31NO6/c1-5-35-28(33)27(31(21-32)29(34)37-30(2,3)4)26(23-14-10-7-11-15-23)24-16-18-25(19-17-24)36-20-22-12-8-6-9-13-22/h6-19,21H,5,20H2,1-4H3/b27-26+. The number of nitrogens with zero attached hydrogens (tertiary/aromatic N) is 1. The Labute approximate surface area is 217 Å². The molecular formula is C30H31NO6. The molecule has 0 N–H and O–H groups in total. The molecule has 0 radical (unpaired) electrons. The van der Waals surface area contributed by atoms with E-state index in [9.17, 15) is 14.4 Å². The average molecular weight is 502 g/mol. The second-order valence-corrected chi connectivity index (χ2v) is 9.06. The predicted molar refractivity (Wildman–Crippen MR) is 140 cm³/mol. The molecule has 0 atom stereocenters. The van der Waals surface area contributed by atoms with Crippen LogP contribution < -0.4 is 4.74 Å². The summed E-state index contributed by atoms with van der Waals surface area (Å²) in [6, 6.07) is 25.8. The fourth-order valence-electron chi connectivity index (χ4n) is 3.52. The first-order valence-corrected chi connectivity index (χ1v) is 11.9. The Morgan fingerprint density at radius 3 is 1.95 bits per heavy atom. The number of carbonyl (C=O) groups is 3. The minimum Gasteiger partial charge on any atom is -0.489 e.